The fraction of sp³-hybridized carbons (Fsp3) is 0.200. The zero-order chi connectivity index (χ0) is 7.56. The van der Waals surface area contributed by atoms with Gasteiger partial charge in [-0.05, 0) is 0 Å². The van der Waals surface area contributed by atoms with Gasteiger partial charge in [-0.3, -0.25) is 10.0 Å². The topological polar surface area (TPSA) is 67.2 Å². The summed E-state index contributed by atoms with van der Waals surface area (Å²) >= 11 is 0. The van der Waals surface area contributed by atoms with E-state index >= 15 is 0 Å². The molecule has 1 heterocycles. The van der Waals surface area contributed by atoms with Crippen molar-refractivity contribution < 1.29 is 10.0 Å². The first-order valence-corrected chi connectivity index (χ1v) is 2.66. The van der Waals surface area contributed by atoms with Crippen LogP contribution in [-0.2, 0) is 7.05 Å². The molecule has 0 aromatic carbocycles. The van der Waals surface area contributed by atoms with Gasteiger partial charge in [-0.15, -0.1) is 0 Å². The molecule has 54 valence electrons. The summed E-state index contributed by atoms with van der Waals surface area (Å²) in [6.45, 7) is 0. The average molecular weight is 141 g/mol. The molecule has 1 amide bonds. The summed E-state index contributed by atoms with van der Waals surface area (Å²) < 4.78 is 1.62. The van der Waals surface area contributed by atoms with Gasteiger partial charge in [0.1, 0.15) is 5.69 Å². The predicted octanol–water partition coefficient (Wildman–Crippen LogP) is -0.461. The lowest BCUT2D eigenvalue weighted by Crippen LogP contribution is -2.18. The van der Waals surface area contributed by atoms with Crippen molar-refractivity contribution in [1.82, 2.24) is 15.0 Å². The van der Waals surface area contributed by atoms with Crippen LogP contribution in [0.15, 0.2) is 12.5 Å². The molecule has 2 N–H and O–H groups in total. The lowest BCUT2D eigenvalue weighted by atomic mass is 10.5. The molecule has 0 aliphatic rings. The summed E-state index contributed by atoms with van der Waals surface area (Å²) in [5.74, 6) is -0.597. The molecular formula is C5H7N3O2. The minimum absolute atomic E-state index is 0.199. The second-order valence-corrected chi connectivity index (χ2v) is 1.87. The van der Waals surface area contributed by atoms with Crippen LogP contribution in [-0.4, -0.2) is 20.7 Å². The number of imidazole rings is 1. The smallest absolute Gasteiger partial charge is 0.294 e. The summed E-state index contributed by atoms with van der Waals surface area (Å²) in [4.78, 5) is 14.3. The third-order valence-electron chi connectivity index (χ3n) is 1.04. The van der Waals surface area contributed by atoms with Gasteiger partial charge in [0.05, 0.1) is 6.33 Å². The molecule has 0 aliphatic carbocycles. The van der Waals surface area contributed by atoms with Crippen LogP contribution < -0.4 is 5.48 Å². The van der Waals surface area contributed by atoms with Crippen molar-refractivity contribution in [2.24, 2.45) is 7.05 Å². The van der Waals surface area contributed by atoms with E-state index < -0.39 is 5.91 Å². The first-order valence-electron chi connectivity index (χ1n) is 2.66. The van der Waals surface area contributed by atoms with Crippen molar-refractivity contribution in [2.45, 2.75) is 0 Å². The fourth-order valence-electron chi connectivity index (χ4n) is 0.587. The monoisotopic (exact) mass is 141 g/mol. The lowest BCUT2D eigenvalue weighted by molar-refractivity contribution is 0.0701. The highest BCUT2D eigenvalue weighted by Gasteiger charge is 2.04. The molecular weight excluding hydrogens is 134 g/mol. The molecule has 1 aromatic heterocycles. The number of nitrogens with one attached hydrogen (secondary N) is 1. The molecule has 10 heavy (non-hydrogen) atoms. The highest BCUT2D eigenvalue weighted by Crippen LogP contribution is 1.91. The minimum Gasteiger partial charge on any atom is -0.340 e. The van der Waals surface area contributed by atoms with Crippen LogP contribution in [0, 0.1) is 0 Å². The van der Waals surface area contributed by atoms with Crippen molar-refractivity contribution in [3.63, 3.8) is 0 Å². The molecule has 1 rings (SSSR count). The maximum atomic E-state index is 10.6. The van der Waals surface area contributed by atoms with Crippen LogP contribution in [0.25, 0.3) is 0 Å². The zero-order valence-electron chi connectivity index (χ0n) is 5.40. The molecule has 5 nitrogen and oxygen atoms in total. The Morgan fingerprint density at radius 1 is 1.90 bits per heavy atom. The summed E-state index contributed by atoms with van der Waals surface area (Å²) in [5, 5.41) is 8.15. The van der Waals surface area contributed by atoms with Gasteiger partial charge in [-0.1, -0.05) is 0 Å². The molecule has 0 radical (unpaired) electrons. The van der Waals surface area contributed by atoms with Gasteiger partial charge in [0.2, 0.25) is 0 Å². The van der Waals surface area contributed by atoms with E-state index in [0.29, 0.717) is 0 Å². The van der Waals surface area contributed by atoms with Crippen LogP contribution >= 0.6 is 0 Å². The Morgan fingerprint density at radius 2 is 2.60 bits per heavy atom. The quantitative estimate of drug-likeness (QED) is 0.410. The predicted molar refractivity (Wildman–Crippen MR) is 32.5 cm³/mol. The summed E-state index contributed by atoms with van der Waals surface area (Å²) in [6.07, 6.45) is 2.98. The van der Waals surface area contributed by atoms with Crippen LogP contribution in [0.4, 0.5) is 0 Å². The Labute approximate surface area is 57.3 Å². The van der Waals surface area contributed by atoms with Crippen LogP contribution in [0.5, 0.6) is 0 Å². The van der Waals surface area contributed by atoms with E-state index in [-0.39, 0.29) is 5.69 Å². The van der Waals surface area contributed by atoms with Gasteiger partial charge in [-0.2, -0.15) is 0 Å². The third-order valence-corrected chi connectivity index (χ3v) is 1.04. The molecule has 0 saturated carbocycles. The number of carbonyl (C=O) groups is 1. The number of amides is 1. The van der Waals surface area contributed by atoms with E-state index in [1.807, 2.05) is 0 Å². The largest absolute Gasteiger partial charge is 0.340 e. The highest BCUT2D eigenvalue weighted by atomic mass is 16.5. The van der Waals surface area contributed by atoms with Gasteiger partial charge < -0.3 is 4.57 Å². The SMILES string of the molecule is Cn1cnc(C(=O)NO)c1. The van der Waals surface area contributed by atoms with E-state index in [1.165, 1.54) is 18.0 Å². The van der Waals surface area contributed by atoms with Gasteiger partial charge in [-0.25, -0.2) is 10.5 Å². The Kier molecular flexibility index (Phi) is 1.68. The van der Waals surface area contributed by atoms with Crippen molar-refractivity contribution in [1.29, 1.82) is 0 Å². The van der Waals surface area contributed by atoms with Gasteiger partial charge in [0, 0.05) is 13.2 Å². The van der Waals surface area contributed by atoms with E-state index in [0.717, 1.165) is 0 Å². The molecule has 0 unspecified atom stereocenters. The molecule has 5 heteroatoms. The van der Waals surface area contributed by atoms with Gasteiger partial charge >= 0.3 is 0 Å². The highest BCUT2D eigenvalue weighted by molar-refractivity contribution is 5.90. The van der Waals surface area contributed by atoms with Crippen LogP contribution in [0.3, 0.4) is 0 Å². The van der Waals surface area contributed by atoms with Crippen molar-refractivity contribution >= 4 is 5.91 Å². The first kappa shape index (κ1) is 6.76. The number of nitrogens with zero attached hydrogens (tertiary/aromatic N) is 2. The van der Waals surface area contributed by atoms with Crippen LogP contribution in [0.2, 0.25) is 0 Å². The Bertz CT molecular complexity index is 243. The van der Waals surface area contributed by atoms with Gasteiger partial charge in [0.15, 0.2) is 0 Å². The summed E-state index contributed by atoms with van der Waals surface area (Å²) in [6, 6.07) is 0. The molecule has 0 spiro atoms. The fourth-order valence-corrected chi connectivity index (χ4v) is 0.587. The molecule has 0 aliphatic heterocycles. The minimum atomic E-state index is -0.597. The molecule has 0 atom stereocenters. The Balaban J connectivity index is 2.85. The number of carbonyl (C=O) groups excluding carboxylic acids is 1. The van der Waals surface area contributed by atoms with E-state index in [2.05, 4.69) is 4.98 Å². The van der Waals surface area contributed by atoms with Crippen molar-refractivity contribution in [2.75, 3.05) is 0 Å². The normalized spacial score (nSPS) is 9.40. The second-order valence-electron chi connectivity index (χ2n) is 1.87. The number of aromatic nitrogens is 2. The molecule has 0 bridgehead atoms. The average Bonchev–Trinajstić information content (AvgIpc) is 2.34. The Morgan fingerprint density at radius 3 is 3.00 bits per heavy atom. The zero-order valence-corrected chi connectivity index (χ0v) is 5.40. The second kappa shape index (κ2) is 2.49. The van der Waals surface area contributed by atoms with Crippen molar-refractivity contribution in [3.8, 4) is 0 Å². The lowest BCUT2D eigenvalue weighted by Gasteiger charge is -1.89. The molecule has 0 fully saturated rings. The number of hydrogen-bond donors (Lipinski definition) is 2. The summed E-state index contributed by atoms with van der Waals surface area (Å²) in [5.41, 5.74) is 1.68. The third kappa shape index (κ3) is 1.14. The molecule has 0 saturated heterocycles. The maximum absolute atomic E-state index is 10.6. The number of hydrogen-bond acceptors (Lipinski definition) is 3. The summed E-state index contributed by atoms with van der Waals surface area (Å²) in [7, 11) is 1.74. The standard InChI is InChI=1S/C5H7N3O2/c1-8-2-4(6-3-8)5(9)7-10/h2-3,10H,1H3,(H,7,9). The maximum Gasteiger partial charge on any atom is 0.294 e. The number of rotatable bonds is 1. The Hall–Kier alpha value is -1.36. The molecule has 1 aromatic rings. The van der Waals surface area contributed by atoms with E-state index in [9.17, 15) is 4.79 Å². The van der Waals surface area contributed by atoms with Crippen molar-refractivity contribution in [3.05, 3.63) is 18.2 Å². The van der Waals surface area contributed by atoms with E-state index in [4.69, 9.17) is 5.21 Å². The first-order chi connectivity index (χ1) is 4.74. The number of hydroxylamine groups is 1. The van der Waals surface area contributed by atoms with E-state index in [1.54, 1.807) is 11.6 Å². The van der Waals surface area contributed by atoms with Gasteiger partial charge in [0.25, 0.3) is 5.91 Å². The number of aryl methyl sites for hydroxylation is 1. The van der Waals surface area contributed by atoms with Crippen LogP contribution in [0.1, 0.15) is 10.5 Å².